The number of aryl methyl sites for hydroxylation is 2. The van der Waals surface area contributed by atoms with Crippen molar-refractivity contribution in [3.63, 3.8) is 0 Å². The Morgan fingerprint density at radius 1 is 0.878 bits per heavy atom. The number of hydrogen-bond donors (Lipinski definition) is 3. The first-order valence-electron chi connectivity index (χ1n) is 29.8. The monoisotopic (exact) mass is 1120 g/mol. The van der Waals surface area contributed by atoms with Gasteiger partial charge >= 0.3 is 17.8 Å². The Morgan fingerprint density at radius 3 is 2.44 bits per heavy atom. The highest BCUT2D eigenvalue weighted by atomic mass is 19.1. The lowest BCUT2D eigenvalue weighted by atomic mass is 9.66. The van der Waals surface area contributed by atoms with Crippen LogP contribution >= 0.6 is 0 Å². The molecule has 20 heteroatoms. The lowest BCUT2D eigenvalue weighted by Crippen LogP contribution is -2.60. The zero-order valence-corrected chi connectivity index (χ0v) is 47.2. The summed E-state index contributed by atoms with van der Waals surface area (Å²) in [6.45, 7) is 10.4. The number of nitrogens with one attached hydrogen (secondary N) is 1. The summed E-state index contributed by atoms with van der Waals surface area (Å²) in [4.78, 5) is 74.5. The van der Waals surface area contributed by atoms with Gasteiger partial charge in [-0.3, -0.25) is 33.9 Å². The first kappa shape index (κ1) is 54.5. The van der Waals surface area contributed by atoms with Crippen LogP contribution in [0.4, 0.5) is 19.4 Å². The number of anilines is 1. The number of imidazole rings is 1. The third-order valence-electron chi connectivity index (χ3n) is 20.0. The number of phenols is 1. The fourth-order valence-corrected chi connectivity index (χ4v) is 15.6. The van der Waals surface area contributed by atoms with Gasteiger partial charge in [0.1, 0.15) is 47.9 Å². The van der Waals surface area contributed by atoms with E-state index >= 15 is 8.78 Å². The van der Waals surface area contributed by atoms with Crippen LogP contribution in [0.1, 0.15) is 127 Å². The van der Waals surface area contributed by atoms with Gasteiger partial charge in [0.25, 0.3) is 0 Å². The Kier molecular flexibility index (Phi) is 14.0. The number of phenolic OH excluding ortho intramolecular Hbond substituents is 1. The maximum Gasteiger partial charge on any atom is 0.409 e. The third kappa shape index (κ3) is 9.82. The number of carbonyl (C=O) groups excluding carboxylic acids is 3. The van der Waals surface area contributed by atoms with Gasteiger partial charge in [-0.05, 0) is 181 Å². The van der Waals surface area contributed by atoms with Crippen molar-refractivity contribution in [3.8, 4) is 23.0 Å². The Bertz CT molecular complexity index is 3580. The van der Waals surface area contributed by atoms with Gasteiger partial charge in [-0.2, -0.15) is 9.97 Å². The predicted molar refractivity (Wildman–Crippen MR) is 305 cm³/mol. The van der Waals surface area contributed by atoms with Gasteiger partial charge in [0.2, 0.25) is 11.8 Å². The molecule has 1 aliphatic carbocycles. The standard InChI is InChI=1S/C62H74F2N10O8/c1-4-43-46(63)9-7-40-27-42(75)29-44(51(40)43)53-52(64)54-45(30-65-53)55(71-23-5-18-60(2,80)33-71)68-57(67-54)82-36-62-19-6-24-73(62)41(15-22-62)32-81-59(79)72-34-61(35-72)20-13-37(14-21-61)31-70-25-16-38(17-26-70)39-8-10-47-49(28-39)69(3)58(78)74(47)48-11-12-50(76)66-56(48)77/h7-10,27-30,37-38,41,48,75,80H,4-6,11-26,31-36H2,1-3H3,(H,66,76,77)/t41-,48?,60+,62-/m0/s1. The molecular formula is C62H74F2N10O8. The third-order valence-corrected chi connectivity index (χ3v) is 20.0. The number of benzene rings is 3. The second-order valence-electron chi connectivity index (χ2n) is 25.4. The summed E-state index contributed by atoms with van der Waals surface area (Å²) in [5.41, 5.74) is 1.81. The Hall–Kier alpha value is -6.77. The first-order chi connectivity index (χ1) is 39.5. The number of pyridine rings is 1. The number of ether oxygens (including phenoxy) is 2. The number of imide groups is 1. The minimum Gasteiger partial charge on any atom is -0.508 e. The van der Waals surface area contributed by atoms with E-state index in [1.807, 2.05) is 22.8 Å². The van der Waals surface area contributed by atoms with Gasteiger partial charge < -0.3 is 34.4 Å². The maximum absolute atomic E-state index is 17.3. The van der Waals surface area contributed by atoms with Gasteiger partial charge in [-0.1, -0.05) is 19.1 Å². The largest absolute Gasteiger partial charge is 0.508 e. The number of amides is 3. The Morgan fingerprint density at radius 2 is 1.67 bits per heavy atom. The van der Waals surface area contributed by atoms with Gasteiger partial charge in [0, 0.05) is 69.4 Å². The summed E-state index contributed by atoms with van der Waals surface area (Å²) in [6.07, 6.45) is 13.5. The number of β-amino-alcohol motifs (C(OH)–C–C–N with tert-alkyl or cyclic N) is 1. The maximum atomic E-state index is 17.3. The van der Waals surface area contributed by atoms with E-state index in [1.165, 1.54) is 30.0 Å². The van der Waals surface area contributed by atoms with Crippen LogP contribution in [0.25, 0.3) is 44.0 Å². The summed E-state index contributed by atoms with van der Waals surface area (Å²) < 4.78 is 48.4. The number of fused-ring (bicyclic) bond motifs is 4. The van der Waals surface area contributed by atoms with Gasteiger partial charge in [0.05, 0.1) is 27.6 Å². The number of nitrogens with zero attached hydrogens (tertiary/aromatic N) is 9. The number of carbonyl (C=O) groups is 3. The molecule has 434 valence electrons. The minimum atomic E-state index is -1.000. The molecule has 18 nitrogen and oxygen atoms in total. The second kappa shape index (κ2) is 21.1. The predicted octanol–water partition coefficient (Wildman–Crippen LogP) is 8.26. The van der Waals surface area contributed by atoms with E-state index in [0.29, 0.717) is 77.1 Å². The summed E-state index contributed by atoms with van der Waals surface area (Å²) >= 11 is 0. The number of aromatic hydroxyl groups is 1. The van der Waals surface area contributed by atoms with Crippen molar-refractivity contribution in [1.29, 1.82) is 0 Å². The van der Waals surface area contributed by atoms with Gasteiger partial charge in [-0.15, -0.1) is 0 Å². The van der Waals surface area contributed by atoms with E-state index in [1.54, 1.807) is 29.2 Å². The summed E-state index contributed by atoms with van der Waals surface area (Å²) in [5.74, 6) is -0.609. The van der Waals surface area contributed by atoms with Crippen molar-refractivity contribution in [1.82, 2.24) is 44.1 Å². The normalized spacial score (nSPS) is 25.6. The quantitative estimate of drug-likeness (QED) is 0.0989. The highest BCUT2D eigenvalue weighted by Gasteiger charge is 2.52. The molecule has 3 amide bonds. The molecule has 7 fully saturated rings. The molecule has 13 rings (SSSR count). The van der Waals surface area contributed by atoms with E-state index in [-0.39, 0.29) is 89.4 Å². The molecule has 6 aromatic rings. The highest BCUT2D eigenvalue weighted by molar-refractivity contribution is 6.02. The van der Waals surface area contributed by atoms with Crippen molar-refractivity contribution in [2.24, 2.45) is 18.4 Å². The molecule has 4 atom stereocenters. The van der Waals surface area contributed by atoms with Crippen LogP contribution in [0.3, 0.4) is 0 Å². The molecule has 6 aliphatic heterocycles. The topological polar surface area (TPSA) is 201 Å². The summed E-state index contributed by atoms with van der Waals surface area (Å²) in [6, 6.07) is 11.4. The molecule has 3 aromatic heterocycles. The molecular weight excluding hydrogens is 1050 g/mol. The highest BCUT2D eigenvalue weighted by Crippen LogP contribution is 2.48. The smallest absolute Gasteiger partial charge is 0.409 e. The Labute approximate surface area is 474 Å². The second-order valence-corrected chi connectivity index (χ2v) is 25.4. The van der Waals surface area contributed by atoms with E-state index in [4.69, 9.17) is 19.4 Å². The molecule has 1 unspecified atom stereocenters. The lowest BCUT2D eigenvalue weighted by Gasteiger charge is -2.53. The van der Waals surface area contributed by atoms with Crippen LogP contribution in [0.2, 0.25) is 0 Å². The minimum absolute atomic E-state index is 0.00716. The molecule has 9 heterocycles. The van der Waals surface area contributed by atoms with Crippen LogP contribution in [-0.2, 0) is 27.8 Å². The van der Waals surface area contributed by atoms with Crippen LogP contribution in [0.5, 0.6) is 11.8 Å². The van der Waals surface area contributed by atoms with Crippen molar-refractivity contribution >= 4 is 56.4 Å². The number of hydrogen-bond acceptors (Lipinski definition) is 14. The molecule has 82 heavy (non-hydrogen) atoms. The van der Waals surface area contributed by atoms with Crippen LogP contribution in [0, 0.1) is 23.0 Å². The first-order valence-corrected chi connectivity index (χ1v) is 29.8. The molecule has 7 aliphatic rings. The Balaban J connectivity index is 0.610. The number of aliphatic hydroxyl groups is 1. The zero-order valence-electron chi connectivity index (χ0n) is 47.2. The summed E-state index contributed by atoms with van der Waals surface area (Å²) in [7, 11) is 1.75. The van der Waals surface area contributed by atoms with Crippen LogP contribution in [0.15, 0.2) is 53.5 Å². The van der Waals surface area contributed by atoms with Crippen molar-refractivity contribution < 1.29 is 42.9 Å². The number of likely N-dealkylation sites (tertiary alicyclic amines) is 2. The van der Waals surface area contributed by atoms with E-state index < -0.39 is 29.2 Å². The van der Waals surface area contributed by atoms with Crippen molar-refractivity contribution in [2.75, 3.05) is 70.5 Å². The van der Waals surface area contributed by atoms with E-state index in [0.717, 1.165) is 109 Å². The molecule has 0 radical (unpaired) electrons. The molecule has 6 saturated heterocycles. The lowest BCUT2D eigenvalue weighted by molar-refractivity contribution is -0.135. The number of halogens is 2. The molecule has 0 bridgehead atoms. The number of piperidine rings is 3. The average molecular weight is 1130 g/mol. The van der Waals surface area contributed by atoms with Gasteiger partial charge in [0.15, 0.2) is 5.82 Å². The van der Waals surface area contributed by atoms with Crippen LogP contribution in [-0.4, -0.2) is 150 Å². The molecule has 3 N–H and O–H groups in total. The molecule has 1 saturated carbocycles. The average Bonchev–Trinajstić information content (AvgIpc) is 4.28. The van der Waals surface area contributed by atoms with Crippen LogP contribution < -0.4 is 20.6 Å². The van der Waals surface area contributed by atoms with E-state index in [9.17, 15) is 29.4 Å². The molecule has 3 aromatic carbocycles. The van der Waals surface area contributed by atoms with Crippen molar-refractivity contribution in [3.05, 3.63) is 81.9 Å². The molecule has 1 spiro atoms. The van der Waals surface area contributed by atoms with Crippen molar-refractivity contribution in [2.45, 2.75) is 139 Å². The van der Waals surface area contributed by atoms with E-state index in [2.05, 4.69) is 32.2 Å². The van der Waals surface area contributed by atoms with Gasteiger partial charge in [-0.25, -0.2) is 18.4 Å². The SMILES string of the molecule is CCc1c(F)ccc2cc(O)cc(-c3ncc4c(N5CCC[C@@](C)(O)C5)nc(OC[C@@]56CCCN5[C@H](COC(=O)N5CC7(CCC(CN8CCC(c9ccc%10c(c9)n(C)c(=O)n%10C9CCC(=O)NC9=O)CC8)CC7)C5)CC6)nc4c3F)c12. The fourth-order valence-electron chi connectivity index (χ4n) is 15.6. The fraction of sp³-hybridized carbons (Fsp3) is 0.565. The summed E-state index contributed by atoms with van der Waals surface area (Å²) in [5, 5.41) is 25.7. The number of rotatable bonds is 12. The zero-order chi connectivity index (χ0) is 56.8. The number of aromatic nitrogens is 5.